The average Bonchev–Trinajstić information content (AvgIpc) is 3.59. The molecule has 3 aliphatic rings. The zero-order chi connectivity index (χ0) is 30.9. The van der Waals surface area contributed by atoms with Crippen molar-refractivity contribution >= 4 is 53.2 Å². The second-order valence-electron chi connectivity index (χ2n) is 10.9. The topological polar surface area (TPSA) is 214 Å². The number of urea groups is 1. The van der Waals surface area contributed by atoms with Crippen molar-refractivity contribution in [3.63, 3.8) is 0 Å². The van der Waals surface area contributed by atoms with E-state index in [9.17, 15) is 33.6 Å². The van der Waals surface area contributed by atoms with Crippen molar-refractivity contribution in [1.82, 2.24) is 21.0 Å². The van der Waals surface area contributed by atoms with E-state index in [1.807, 2.05) is 6.92 Å². The Labute approximate surface area is 248 Å². The van der Waals surface area contributed by atoms with Gasteiger partial charge in [0.15, 0.2) is 11.3 Å². The Morgan fingerprint density at radius 2 is 1.74 bits per heavy atom. The number of ketones is 1. The molecule has 0 aromatic heterocycles. The van der Waals surface area contributed by atoms with Crippen LogP contribution in [0.1, 0.15) is 90.4 Å². The molecular weight excluding hydrogens is 570 g/mol. The molecule has 3 rings (SSSR count). The van der Waals surface area contributed by atoms with Crippen LogP contribution in [0.4, 0.5) is 4.79 Å². The van der Waals surface area contributed by atoms with E-state index in [1.54, 1.807) is 0 Å². The molecule has 0 radical (unpaired) electrons. The largest absolute Gasteiger partial charge is 0.481 e. The van der Waals surface area contributed by atoms with E-state index in [-0.39, 0.29) is 57.9 Å². The van der Waals surface area contributed by atoms with Crippen LogP contribution in [0, 0.1) is 0 Å². The summed E-state index contributed by atoms with van der Waals surface area (Å²) in [6.45, 7) is 2.21. The molecule has 3 saturated heterocycles. The zero-order valence-corrected chi connectivity index (χ0v) is 24.7. The first kappa shape index (κ1) is 33.3. The molecule has 42 heavy (non-hydrogen) atoms. The minimum atomic E-state index is -2.22. The highest BCUT2D eigenvalue weighted by molar-refractivity contribution is 8.01. The van der Waals surface area contributed by atoms with Crippen molar-refractivity contribution in [2.45, 2.75) is 113 Å². The summed E-state index contributed by atoms with van der Waals surface area (Å²) >= 11 is 1.26. The first-order valence-corrected chi connectivity index (χ1v) is 15.6. The highest BCUT2D eigenvalue weighted by Gasteiger charge is 2.60. The third-order valence-electron chi connectivity index (χ3n) is 7.95. The summed E-state index contributed by atoms with van der Waals surface area (Å²) in [5.41, 5.74) is 3.46. The van der Waals surface area contributed by atoms with Gasteiger partial charge in [0.25, 0.3) is 11.8 Å². The summed E-state index contributed by atoms with van der Waals surface area (Å²) in [7, 11) is 0. The number of aliphatic carboxylic acids is 1. The summed E-state index contributed by atoms with van der Waals surface area (Å²) < 4.78 is -1.33. The first-order chi connectivity index (χ1) is 20.0. The Kier molecular flexibility index (Phi) is 11.7. The number of thioether (sulfide) groups is 1. The third-order valence-corrected chi connectivity index (χ3v) is 9.63. The molecule has 15 heteroatoms. The molecule has 5 amide bonds. The number of Topliss-reactive ketones (excluding diaryl/α,β-unsaturated/α-hetero) is 1. The number of amides is 5. The van der Waals surface area contributed by atoms with Crippen LogP contribution in [0.2, 0.25) is 0 Å². The molecule has 0 aromatic rings. The minimum Gasteiger partial charge on any atom is -0.481 e. The normalized spacial score (nSPS) is 24.5. The van der Waals surface area contributed by atoms with E-state index in [2.05, 4.69) is 16.0 Å². The highest BCUT2D eigenvalue weighted by Crippen LogP contribution is 2.45. The average molecular weight is 612 g/mol. The molecule has 1 unspecified atom stereocenters. The van der Waals surface area contributed by atoms with Crippen LogP contribution in [-0.2, 0) is 33.6 Å². The number of carboxylic acid groups (broad SMARTS) is 1. The summed E-state index contributed by atoms with van der Waals surface area (Å²) in [6.07, 6.45) is 2.78. The summed E-state index contributed by atoms with van der Waals surface area (Å²) in [4.78, 5) is 95.2. The monoisotopic (exact) mass is 611 g/mol. The molecule has 3 fully saturated rings. The van der Waals surface area contributed by atoms with E-state index in [4.69, 9.17) is 15.7 Å². The van der Waals surface area contributed by atoms with E-state index in [0.29, 0.717) is 36.5 Å². The Balaban J connectivity index is 1.99. The molecule has 3 aliphatic heterocycles. The number of rotatable bonds is 18. The van der Waals surface area contributed by atoms with Crippen LogP contribution < -0.4 is 21.7 Å². The number of unbranched alkanes of at least 4 members (excludes halogenated alkanes) is 4. The second kappa shape index (κ2) is 14.8. The molecule has 0 bridgehead atoms. The van der Waals surface area contributed by atoms with Gasteiger partial charge in [0.05, 0.1) is 12.1 Å². The van der Waals surface area contributed by atoms with Crippen molar-refractivity contribution in [3.8, 4) is 0 Å². The number of hydrogen-bond acceptors (Lipinski definition) is 10. The predicted molar refractivity (Wildman–Crippen MR) is 151 cm³/mol. The van der Waals surface area contributed by atoms with Gasteiger partial charge in [-0.15, -0.1) is 16.8 Å². The molecule has 14 nitrogen and oxygen atoms in total. The number of fused-ring (bicyclic) bond motifs is 1. The van der Waals surface area contributed by atoms with Crippen LogP contribution in [0.15, 0.2) is 0 Å². The number of imide groups is 1. The maximum absolute atomic E-state index is 14.3. The zero-order valence-electron chi connectivity index (χ0n) is 23.9. The Morgan fingerprint density at radius 3 is 2.38 bits per heavy atom. The van der Waals surface area contributed by atoms with Gasteiger partial charge < -0.3 is 31.6 Å². The summed E-state index contributed by atoms with van der Waals surface area (Å²) in [5.74, 6) is -4.58. The van der Waals surface area contributed by atoms with Crippen molar-refractivity contribution in [2.75, 3.05) is 12.3 Å². The van der Waals surface area contributed by atoms with Crippen LogP contribution >= 0.6 is 11.8 Å². The van der Waals surface area contributed by atoms with Crippen molar-refractivity contribution in [1.29, 1.82) is 0 Å². The van der Waals surface area contributed by atoms with Gasteiger partial charge in [-0.1, -0.05) is 26.2 Å². The lowest BCUT2D eigenvalue weighted by Gasteiger charge is -2.38. The van der Waals surface area contributed by atoms with Crippen LogP contribution in [-0.4, -0.2) is 86.3 Å². The molecule has 0 spiro atoms. The molecule has 4 atom stereocenters. The standard InChI is InChI=1S/C27H41N5O9S/c1-2-3-4-9-18(33)26(13-7-8-15-28,24(39)41-32-19(34)11-12-20(32)35)31-23(38)27(14-6-5-10-21(36)37)22-17(16-42-27)29-25(40)30-22/h17,22H,2-16,28H2,1H3,(H,31,38)(H,36,37)(H2,29,30,40)/t17-,22-,26?,27-/m0/s1. The Morgan fingerprint density at radius 1 is 1.05 bits per heavy atom. The minimum absolute atomic E-state index is 0.0587. The number of hydroxylamine groups is 2. The van der Waals surface area contributed by atoms with Gasteiger partial charge in [-0.3, -0.25) is 24.0 Å². The molecular formula is C27H41N5O9S. The van der Waals surface area contributed by atoms with Gasteiger partial charge in [0.1, 0.15) is 4.75 Å². The van der Waals surface area contributed by atoms with E-state index < -0.39 is 63.8 Å². The quantitative estimate of drug-likeness (QED) is 0.0635. The number of nitrogens with one attached hydrogen (secondary N) is 3. The van der Waals surface area contributed by atoms with E-state index >= 15 is 0 Å². The van der Waals surface area contributed by atoms with Gasteiger partial charge >= 0.3 is 18.0 Å². The molecule has 234 valence electrons. The summed E-state index contributed by atoms with van der Waals surface area (Å²) in [6, 6.07) is -1.54. The number of carbonyl (C=O) groups excluding carboxylic acids is 6. The first-order valence-electron chi connectivity index (χ1n) is 14.6. The van der Waals surface area contributed by atoms with Crippen molar-refractivity contribution in [3.05, 3.63) is 0 Å². The maximum atomic E-state index is 14.3. The number of carbonyl (C=O) groups is 7. The van der Waals surface area contributed by atoms with E-state index in [0.717, 1.165) is 6.42 Å². The van der Waals surface area contributed by atoms with Crippen molar-refractivity contribution < 1.29 is 43.5 Å². The van der Waals surface area contributed by atoms with Crippen molar-refractivity contribution in [2.24, 2.45) is 5.73 Å². The fourth-order valence-electron chi connectivity index (χ4n) is 5.60. The number of carboxylic acids is 1. The van der Waals surface area contributed by atoms with Gasteiger partial charge in [-0.25, -0.2) is 9.59 Å². The molecule has 0 aliphatic carbocycles. The number of nitrogens with two attached hydrogens (primary N) is 1. The van der Waals surface area contributed by atoms with Gasteiger partial charge in [0, 0.05) is 31.4 Å². The van der Waals surface area contributed by atoms with Gasteiger partial charge in [0.2, 0.25) is 5.91 Å². The second-order valence-corrected chi connectivity index (χ2v) is 12.3. The third kappa shape index (κ3) is 7.41. The lowest BCUT2D eigenvalue weighted by Crippen LogP contribution is -2.67. The molecule has 0 saturated carbocycles. The highest BCUT2D eigenvalue weighted by atomic mass is 32.2. The van der Waals surface area contributed by atoms with Crippen LogP contribution in [0.25, 0.3) is 0 Å². The van der Waals surface area contributed by atoms with Gasteiger partial charge in [-0.05, 0) is 45.1 Å². The number of hydrogen-bond donors (Lipinski definition) is 5. The van der Waals surface area contributed by atoms with E-state index in [1.165, 1.54) is 11.8 Å². The molecule has 3 heterocycles. The summed E-state index contributed by atoms with van der Waals surface area (Å²) in [5, 5.41) is 17.7. The van der Waals surface area contributed by atoms with Crippen LogP contribution in [0.5, 0.6) is 0 Å². The SMILES string of the molecule is CCCCCC(=O)C(CCCCN)(NC(=O)[C@@]1(CCCCC(=O)O)SC[C@@H]2NC(=O)N[C@@H]21)C(=O)ON1C(=O)CCC1=O. The molecule has 0 aromatic carbocycles. The Hall–Kier alpha value is -3.20. The van der Waals surface area contributed by atoms with Crippen LogP contribution in [0.3, 0.4) is 0 Å². The Bertz CT molecular complexity index is 1070. The lowest BCUT2D eigenvalue weighted by atomic mass is 9.82. The maximum Gasteiger partial charge on any atom is 0.366 e. The fraction of sp³-hybridized carbons (Fsp3) is 0.741. The molecule has 6 N–H and O–H groups in total. The smallest absolute Gasteiger partial charge is 0.366 e. The van der Waals surface area contributed by atoms with Gasteiger partial charge in [-0.2, -0.15) is 0 Å². The predicted octanol–water partition coefficient (Wildman–Crippen LogP) is 0.908. The lowest BCUT2D eigenvalue weighted by molar-refractivity contribution is -0.203. The number of nitrogens with zero attached hydrogens (tertiary/aromatic N) is 1. The fourth-order valence-corrected chi connectivity index (χ4v) is 7.22.